The fourth-order valence-corrected chi connectivity index (χ4v) is 2.67. The molecule has 0 aliphatic heterocycles. The molecular weight excluding hydrogens is 304 g/mol. The van der Waals surface area contributed by atoms with E-state index < -0.39 is 20.2 Å². The minimum atomic E-state index is -3.68. The van der Waals surface area contributed by atoms with Gasteiger partial charge < -0.3 is 8.37 Å². The molecule has 0 N–H and O–H groups in total. The summed E-state index contributed by atoms with van der Waals surface area (Å²) < 4.78 is 54.6. The van der Waals surface area contributed by atoms with Crippen LogP contribution < -0.4 is 8.37 Å². The third-order valence-electron chi connectivity index (χ3n) is 2.32. The van der Waals surface area contributed by atoms with E-state index in [-0.39, 0.29) is 11.5 Å². The van der Waals surface area contributed by atoms with Crippen molar-refractivity contribution < 1.29 is 25.2 Å². The topological polar surface area (TPSA) is 86.7 Å². The average Bonchev–Trinajstić information content (AvgIpc) is 2.26. The summed E-state index contributed by atoms with van der Waals surface area (Å²) in [6.07, 6.45) is 1.87. The molecule has 0 aliphatic rings. The molecule has 0 aromatic heterocycles. The van der Waals surface area contributed by atoms with Gasteiger partial charge in [0.15, 0.2) is 11.5 Å². The first-order chi connectivity index (χ1) is 9.16. The maximum Gasteiger partial charge on any atom is 0.306 e. The Balaban J connectivity index is 2.63. The Morgan fingerprint density at radius 2 is 1.05 bits per heavy atom. The van der Waals surface area contributed by atoms with Gasteiger partial charge in [0, 0.05) is 10.8 Å². The molecule has 108 valence electrons. The number of benzene rings is 2. The molecular formula is C12H12O6S2. The predicted octanol–water partition coefficient (Wildman–Crippen LogP) is 1.52. The third kappa shape index (κ3) is 3.61. The molecule has 0 saturated carbocycles. The molecule has 0 aliphatic carbocycles. The van der Waals surface area contributed by atoms with Gasteiger partial charge in [-0.1, -0.05) is 24.3 Å². The van der Waals surface area contributed by atoms with Crippen LogP contribution in [0, 0.1) is 0 Å². The van der Waals surface area contributed by atoms with E-state index in [1.807, 2.05) is 0 Å². The number of hydrogen-bond acceptors (Lipinski definition) is 6. The summed E-state index contributed by atoms with van der Waals surface area (Å²) in [5, 5.41) is 0.887. The summed E-state index contributed by atoms with van der Waals surface area (Å²) >= 11 is 0. The zero-order chi connectivity index (χ0) is 15.0. The van der Waals surface area contributed by atoms with Crippen LogP contribution in [0.25, 0.3) is 10.8 Å². The Morgan fingerprint density at radius 1 is 0.700 bits per heavy atom. The van der Waals surface area contributed by atoms with Gasteiger partial charge in [-0.3, -0.25) is 0 Å². The Bertz CT molecular complexity index is 779. The molecule has 2 aromatic rings. The quantitative estimate of drug-likeness (QED) is 0.795. The Morgan fingerprint density at radius 3 is 1.35 bits per heavy atom. The normalized spacial score (nSPS) is 12.3. The first kappa shape index (κ1) is 14.6. The first-order valence-corrected chi connectivity index (χ1v) is 9.10. The molecule has 0 fully saturated rings. The molecule has 0 spiro atoms. The molecule has 20 heavy (non-hydrogen) atoms. The molecule has 8 heteroatoms. The SMILES string of the molecule is CS(=O)(=O)Oc1cccc2c(OS(C)(=O)=O)cccc12. The smallest absolute Gasteiger partial charge is 0.306 e. The van der Waals surface area contributed by atoms with Gasteiger partial charge in [-0.2, -0.15) is 16.8 Å². The van der Waals surface area contributed by atoms with Crippen molar-refractivity contribution in [1.29, 1.82) is 0 Å². The molecule has 0 unspecified atom stereocenters. The maximum absolute atomic E-state index is 11.2. The highest BCUT2D eigenvalue weighted by Gasteiger charge is 2.13. The van der Waals surface area contributed by atoms with Crippen LogP contribution in [0.4, 0.5) is 0 Å². The van der Waals surface area contributed by atoms with Gasteiger partial charge in [-0.15, -0.1) is 0 Å². The second kappa shape index (κ2) is 4.95. The summed E-state index contributed by atoms with van der Waals surface area (Å²) in [4.78, 5) is 0. The van der Waals surface area contributed by atoms with Gasteiger partial charge in [0.25, 0.3) is 0 Å². The van der Waals surface area contributed by atoms with Crippen LogP contribution in [-0.4, -0.2) is 29.3 Å². The molecule has 2 rings (SSSR count). The van der Waals surface area contributed by atoms with Crippen molar-refractivity contribution in [2.45, 2.75) is 0 Å². The van der Waals surface area contributed by atoms with Gasteiger partial charge in [-0.05, 0) is 12.1 Å². The standard InChI is InChI=1S/C12H12O6S2/c1-19(13,14)17-11-7-3-6-10-9(11)5-4-8-12(10)18-20(2,15)16/h3-8H,1-2H3. The van der Waals surface area contributed by atoms with Gasteiger partial charge in [0.1, 0.15) is 0 Å². The van der Waals surface area contributed by atoms with Crippen LogP contribution in [0.1, 0.15) is 0 Å². The van der Waals surface area contributed by atoms with Crippen LogP contribution in [-0.2, 0) is 20.2 Å². The highest BCUT2D eigenvalue weighted by molar-refractivity contribution is 7.86. The number of fused-ring (bicyclic) bond motifs is 1. The van der Waals surface area contributed by atoms with Crippen molar-refractivity contribution in [1.82, 2.24) is 0 Å². The molecule has 0 amide bonds. The molecule has 0 atom stereocenters. The molecule has 6 nitrogen and oxygen atoms in total. The zero-order valence-electron chi connectivity index (χ0n) is 10.7. The summed E-state index contributed by atoms with van der Waals surface area (Å²) in [5.74, 6) is 0.230. The van der Waals surface area contributed by atoms with E-state index in [1.54, 1.807) is 24.3 Å². The minimum Gasteiger partial charge on any atom is -0.382 e. The molecule has 0 heterocycles. The van der Waals surface area contributed by atoms with E-state index in [2.05, 4.69) is 0 Å². The Hall–Kier alpha value is -1.80. The van der Waals surface area contributed by atoms with Crippen molar-refractivity contribution in [3.63, 3.8) is 0 Å². The van der Waals surface area contributed by atoms with Crippen LogP contribution in [0.2, 0.25) is 0 Å². The monoisotopic (exact) mass is 316 g/mol. The summed E-state index contributed by atoms with van der Waals surface area (Å²) in [5.41, 5.74) is 0. The molecule has 0 bridgehead atoms. The number of rotatable bonds is 4. The van der Waals surface area contributed by atoms with Gasteiger partial charge >= 0.3 is 20.2 Å². The third-order valence-corrected chi connectivity index (χ3v) is 3.29. The second-order valence-electron chi connectivity index (χ2n) is 4.18. The summed E-state index contributed by atoms with van der Waals surface area (Å²) in [7, 11) is -7.35. The predicted molar refractivity (Wildman–Crippen MR) is 74.9 cm³/mol. The van der Waals surface area contributed by atoms with E-state index in [9.17, 15) is 16.8 Å². The lowest BCUT2D eigenvalue weighted by atomic mass is 10.1. The van der Waals surface area contributed by atoms with Crippen LogP contribution in [0.5, 0.6) is 11.5 Å². The van der Waals surface area contributed by atoms with E-state index in [4.69, 9.17) is 8.37 Å². The molecule has 0 radical (unpaired) electrons. The lowest BCUT2D eigenvalue weighted by Crippen LogP contribution is -2.07. The molecule has 0 saturated heterocycles. The largest absolute Gasteiger partial charge is 0.382 e. The summed E-state index contributed by atoms with van der Waals surface area (Å²) in [6.45, 7) is 0. The van der Waals surface area contributed by atoms with Gasteiger partial charge in [0.05, 0.1) is 12.5 Å². The highest BCUT2D eigenvalue weighted by Crippen LogP contribution is 2.33. The second-order valence-corrected chi connectivity index (χ2v) is 7.33. The van der Waals surface area contributed by atoms with E-state index >= 15 is 0 Å². The maximum atomic E-state index is 11.2. The van der Waals surface area contributed by atoms with E-state index in [0.29, 0.717) is 10.8 Å². The van der Waals surface area contributed by atoms with Crippen molar-refractivity contribution in [3.05, 3.63) is 36.4 Å². The zero-order valence-corrected chi connectivity index (χ0v) is 12.4. The minimum absolute atomic E-state index is 0.115. The highest BCUT2D eigenvalue weighted by atomic mass is 32.2. The van der Waals surface area contributed by atoms with Crippen LogP contribution in [0.15, 0.2) is 36.4 Å². The fraction of sp³-hybridized carbons (Fsp3) is 0.167. The lowest BCUT2D eigenvalue weighted by molar-refractivity contribution is 0.491. The average molecular weight is 316 g/mol. The van der Waals surface area contributed by atoms with Crippen LogP contribution in [0.3, 0.4) is 0 Å². The summed E-state index contributed by atoms with van der Waals surface area (Å²) in [6, 6.07) is 9.30. The Labute approximate surface area is 117 Å². The van der Waals surface area contributed by atoms with Crippen LogP contribution >= 0.6 is 0 Å². The van der Waals surface area contributed by atoms with Crippen molar-refractivity contribution in [2.24, 2.45) is 0 Å². The van der Waals surface area contributed by atoms with E-state index in [1.165, 1.54) is 12.1 Å². The molecule has 2 aromatic carbocycles. The van der Waals surface area contributed by atoms with Crippen molar-refractivity contribution >= 4 is 31.0 Å². The Kier molecular flexibility index (Phi) is 3.61. The van der Waals surface area contributed by atoms with Gasteiger partial charge in [0.2, 0.25) is 0 Å². The van der Waals surface area contributed by atoms with E-state index in [0.717, 1.165) is 12.5 Å². The van der Waals surface area contributed by atoms with Crippen molar-refractivity contribution in [3.8, 4) is 11.5 Å². The van der Waals surface area contributed by atoms with Gasteiger partial charge in [-0.25, -0.2) is 0 Å². The first-order valence-electron chi connectivity index (χ1n) is 5.46. The lowest BCUT2D eigenvalue weighted by Gasteiger charge is -2.10. The fourth-order valence-electron chi connectivity index (χ4n) is 1.72. The number of hydrogen-bond donors (Lipinski definition) is 0. The van der Waals surface area contributed by atoms with Crippen molar-refractivity contribution in [2.75, 3.05) is 12.5 Å².